The van der Waals surface area contributed by atoms with Crippen molar-refractivity contribution in [3.63, 3.8) is 0 Å². The molecule has 1 N–H and O–H groups in total. The fourth-order valence-corrected chi connectivity index (χ4v) is 4.03. The Morgan fingerprint density at radius 1 is 0.966 bits per heavy atom. The van der Waals surface area contributed by atoms with Gasteiger partial charge in [0, 0.05) is 24.4 Å². The predicted octanol–water partition coefficient (Wildman–Crippen LogP) is 3.26. The van der Waals surface area contributed by atoms with Crippen LogP contribution in [-0.2, 0) is 21.4 Å². The summed E-state index contributed by atoms with van der Waals surface area (Å²) < 4.78 is 43.9. The van der Waals surface area contributed by atoms with Crippen molar-refractivity contribution in [1.29, 1.82) is 0 Å². The number of nitrogens with one attached hydrogen (secondary N) is 1. The third-order valence-corrected chi connectivity index (χ3v) is 5.71. The zero-order valence-corrected chi connectivity index (χ0v) is 17.1. The van der Waals surface area contributed by atoms with Gasteiger partial charge in [0.15, 0.2) is 11.5 Å². The van der Waals surface area contributed by atoms with E-state index in [2.05, 4.69) is 4.72 Å². The van der Waals surface area contributed by atoms with Gasteiger partial charge in [0.25, 0.3) is 0 Å². The molecule has 29 heavy (non-hydrogen) atoms. The second kappa shape index (κ2) is 8.50. The standard InChI is InChI=1S/C21H21NO6S/c1-14(23)28-19-8-4-6-15-12-17(10-11-18(15)19)29(24,25)22-13-16-7-5-9-20(26-2)21(16)27-3/h4-12,22H,13H2,1-3H3. The number of para-hydroxylation sites is 1. The highest BCUT2D eigenvalue weighted by Gasteiger charge is 2.17. The molecule has 0 fully saturated rings. The van der Waals surface area contributed by atoms with Gasteiger partial charge in [-0.1, -0.05) is 24.3 Å². The predicted molar refractivity (Wildman–Crippen MR) is 109 cm³/mol. The Labute approximate surface area is 169 Å². The lowest BCUT2D eigenvalue weighted by atomic mass is 10.1. The Kier molecular flexibility index (Phi) is 6.05. The van der Waals surface area contributed by atoms with Crippen molar-refractivity contribution in [3.8, 4) is 17.2 Å². The van der Waals surface area contributed by atoms with E-state index in [4.69, 9.17) is 14.2 Å². The van der Waals surface area contributed by atoms with Crippen LogP contribution in [0.1, 0.15) is 12.5 Å². The number of carbonyl (C=O) groups excluding carboxylic acids is 1. The lowest BCUT2D eigenvalue weighted by Gasteiger charge is -2.14. The van der Waals surface area contributed by atoms with Crippen LogP contribution in [0.25, 0.3) is 10.8 Å². The van der Waals surface area contributed by atoms with Gasteiger partial charge in [0.1, 0.15) is 5.75 Å². The summed E-state index contributed by atoms with van der Waals surface area (Å²) in [6.07, 6.45) is 0. The molecule has 3 aromatic rings. The number of methoxy groups -OCH3 is 2. The summed E-state index contributed by atoms with van der Waals surface area (Å²) in [5.41, 5.74) is 0.647. The van der Waals surface area contributed by atoms with Crippen molar-refractivity contribution in [3.05, 3.63) is 60.2 Å². The SMILES string of the molecule is COc1cccc(CNS(=O)(=O)c2ccc3c(OC(C)=O)cccc3c2)c1OC. The number of ether oxygens (including phenoxy) is 3. The van der Waals surface area contributed by atoms with Crippen LogP contribution in [0, 0.1) is 0 Å². The maximum atomic E-state index is 12.8. The zero-order valence-electron chi connectivity index (χ0n) is 16.3. The first kappa shape index (κ1) is 20.6. The molecule has 0 aliphatic carbocycles. The van der Waals surface area contributed by atoms with E-state index in [0.29, 0.717) is 33.6 Å². The fourth-order valence-electron chi connectivity index (χ4n) is 2.99. The second-order valence-electron chi connectivity index (χ2n) is 6.21. The van der Waals surface area contributed by atoms with Crippen LogP contribution in [0.15, 0.2) is 59.5 Å². The summed E-state index contributed by atoms with van der Waals surface area (Å²) in [7, 11) is -0.766. The lowest BCUT2D eigenvalue weighted by molar-refractivity contribution is -0.131. The van der Waals surface area contributed by atoms with Crippen molar-refractivity contribution < 1.29 is 27.4 Å². The second-order valence-corrected chi connectivity index (χ2v) is 7.98. The molecule has 7 nitrogen and oxygen atoms in total. The van der Waals surface area contributed by atoms with E-state index in [9.17, 15) is 13.2 Å². The Balaban J connectivity index is 1.88. The van der Waals surface area contributed by atoms with E-state index in [-0.39, 0.29) is 11.4 Å². The summed E-state index contributed by atoms with van der Waals surface area (Å²) in [4.78, 5) is 11.4. The number of carbonyl (C=O) groups is 1. The highest BCUT2D eigenvalue weighted by molar-refractivity contribution is 7.89. The number of hydrogen-bond acceptors (Lipinski definition) is 6. The fraction of sp³-hybridized carbons (Fsp3) is 0.190. The van der Waals surface area contributed by atoms with Gasteiger partial charge in [-0.15, -0.1) is 0 Å². The van der Waals surface area contributed by atoms with E-state index < -0.39 is 16.0 Å². The first-order chi connectivity index (χ1) is 13.9. The van der Waals surface area contributed by atoms with E-state index in [1.165, 1.54) is 33.3 Å². The Morgan fingerprint density at radius 2 is 1.69 bits per heavy atom. The maximum Gasteiger partial charge on any atom is 0.308 e. The quantitative estimate of drug-likeness (QED) is 0.471. The van der Waals surface area contributed by atoms with Gasteiger partial charge in [-0.25, -0.2) is 13.1 Å². The smallest absolute Gasteiger partial charge is 0.308 e. The van der Waals surface area contributed by atoms with Crippen LogP contribution in [0.5, 0.6) is 17.2 Å². The van der Waals surface area contributed by atoms with Gasteiger partial charge in [0.05, 0.1) is 19.1 Å². The van der Waals surface area contributed by atoms with Crippen LogP contribution in [0.3, 0.4) is 0 Å². The minimum Gasteiger partial charge on any atom is -0.493 e. The lowest BCUT2D eigenvalue weighted by Crippen LogP contribution is -2.23. The largest absolute Gasteiger partial charge is 0.493 e. The summed E-state index contributed by atoms with van der Waals surface area (Å²) in [6, 6.07) is 15.0. The number of rotatable bonds is 7. The van der Waals surface area contributed by atoms with Crippen molar-refractivity contribution in [2.24, 2.45) is 0 Å². The van der Waals surface area contributed by atoms with Gasteiger partial charge in [-0.05, 0) is 35.7 Å². The third-order valence-electron chi connectivity index (χ3n) is 4.31. The molecule has 0 heterocycles. The molecule has 3 aromatic carbocycles. The normalized spacial score (nSPS) is 11.3. The van der Waals surface area contributed by atoms with Crippen molar-refractivity contribution in [1.82, 2.24) is 4.72 Å². The van der Waals surface area contributed by atoms with Crippen LogP contribution >= 0.6 is 0 Å². The van der Waals surface area contributed by atoms with E-state index in [1.54, 1.807) is 42.5 Å². The molecule has 0 amide bonds. The molecule has 3 rings (SSSR count). The minimum atomic E-state index is -3.78. The summed E-state index contributed by atoms with van der Waals surface area (Å²) >= 11 is 0. The third kappa shape index (κ3) is 4.49. The minimum absolute atomic E-state index is 0.0359. The van der Waals surface area contributed by atoms with E-state index >= 15 is 0 Å². The molecule has 0 aliphatic rings. The number of benzene rings is 3. The monoisotopic (exact) mass is 415 g/mol. The average Bonchev–Trinajstić information content (AvgIpc) is 2.71. The molecule has 0 saturated carbocycles. The Bertz CT molecular complexity index is 1160. The molecule has 0 aromatic heterocycles. The molecular formula is C21H21NO6S. The molecule has 152 valence electrons. The molecule has 0 radical (unpaired) electrons. The van der Waals surface area contributed by atoms with Gasteiger partial charge in [-0.2, -0.15) is 0 Å². The van der Waals surface area contributed by atoms with Crippen molar-refractivity contribution in [2.75, 3.05) is 14.2 Å². The van der Waals surface area contributed by atoms with Crippen LogP contribution in [0.2, 0.25) is 0 Å². The number of hydrogen-bond donors (Lipinski definition) is 1. The van der Waals surface area contributed by atoms with Gasteiger partial charge in [-0.3, -0.25) is 4.79 Å². The molecule has 0 bridgehead atoms. The molecule has 8 heteroatoms. The topological polar surface area (TPSA) is 90.9 Å². The van der Waals surface area contributed by atoms with E-state index in [1.807, 2.05) is 0 Å². The van der Waals surface area contributed by atoms with Crippen LogP contribution in [-0.4, -0.2) is 28.6 Å². The highest BCUT2D eigenvalue weighted by atomic mass is 32.2. The molecule has 0 unspecified atom stereocenters. The van der Waals surface area contributed by atoms with E-state index in [0.717, 1.165) is 0 Å². The van der Waals surface area contributed by atoms with Crippen molar-refractivity contribution >= 4 is 26.8 Å². The molecule has 0 atom stereocenters. The number of esters is 1. The highest BCUT2D eigenvalue weighted by Crippen LogP contribution is 2.31. The molecule has 0 saturated heterocycles. The summed E-state index contributed by atoms with van der Waals surface area (Å²) in [5, 5.41) is 1.29. The average molecular weight is 415 g/mol. The van der Waals surface area contributed by atoms with Crippen molar-refractivity contribution in [2.45, 2.75) is 18.4 Å². The van der Waals surface area contributed by atoms with Gasteiger partial charge in [0.2, 0.25) is 10.0 Å². The Hall–Kier alpha value is -3.10. The van der Waals surface area contributed by atoms with Crippen LogP contribution in [0.4, 0.5) is 0 Å². The maximum absolute atomic E-state index is 12.8. The number of sulfonamides is 1. The first-order valence-corrected chi connectivity index (χ1v) is 10.2. The molecular weight excluding hydrogens is 394 g/mol. The zero-order chi connectivity index (χ0) is 21.0. The first-order valence-electron chi connectivity index (χ1n) is 8.76. The molecule has 0 spiro atoms. The number of fused-ring (bicyclic) bond motifs is 1. The van der Waals surface area contributed by atoms with Gasteiger partial charge >= 0.3 is 5.97 Å². The summed E-state index contributed by atoms with van der Waals surface area (Å²) in [5.74, 6) is 0.936. The Morgan fingerprint density at radius 3 is 2.38 bits per heavy atom. The summed E-state index contributed by atoms with van der Waals surface area (Å²) in [6.45, 7) is 1.35. The van der Waals surface area contributed by atoms with Gasteiger partial charge < -0.3 is 14.2 Å². The molecule has 0 aliphatic heterocycles. The van der Waals surface area contributed by atoms with Crippen LogP contribution < -0.4 is 18.9 Å².